The standard InChI is InChI=1S/C14H21NO/c1-11-4-3-5-12(8-11)9-13-10-16-7-6-14(13)15-2/h3-5,8,13-15H,6-7,9-10H2,1-2H3. The van der Waals surface area contributed by atoms with E-state index in [1.807, 2.05) is 0 Å². The quantitative estimate of drug-likeness (QED) is 0.841. The van der Waals surface area contributed by atoms with Crippen molar-refractivity contribution in [1.82, 2.24) is 5.32 Å². The van der Waals surface area contributed by atoms with E-state index in [1.54, 1.807) is 0 Å². The highest BCUT2D eigenvalue weighted by atomic mass is 16.5. The summed E-state index contributed by atoms with van der Waals surface area (Å²) in [6.45, 7) is 3.94. The van der Waals surface area contributed by atoms with Crippen LogP contribution in [0, 0.1) is 12.8 Å². The van der Waals surface area contributed by atoms with Gasteiger partial charge in [0.1, 0.15) is 0 Å². The molecule has 2 nitrogen and oxygen atoms in total. The van der Waals surface area contributed by atoms with Crippen molar-refractivity contribution >= 4 is 0 Å². The lowest BCUT2D eigenvalue weighted by Gasteiger charge is -2.31. The predicted molar refractivity (Wildman–Crippen MR) is 66.7 cm³/mol. The van der Waals surface area contributed by atoms with Gasteiger partial charge in [-0.1, -0.05) is 29.8 Å². The Morgan fingerprint density at radius 1 is 1.44 bits per heavy atom. The zero-order valence-electron chi connectivity index (χ0n) is 10.2. The van der Waals surface area contributed by atoms with E-state index in [9.17, 15) is 0 Å². The van der Waals surface area contributed by atoms with Crippen LogP contribution in [0.4, 0.5) is 0 Å². The Balaban J connectivity index is 2.02. The first-order chi connectivity index (χ1) is 7.79. The second-order valence-corrected chi connectivity index (χ2v) is 4.71. The molecule has 1 fully saturated rings. The molecule has 1 N–H and O–H groups in total. The van der Waals surface area contributed by atoms with Crippen molar-refractivity contribution in [1.29, 1.82) is 0 Å². The molecule has 1 aromatic rings. The fourth-order valence-electron chi connectivity index (χ4n) is 2.52. The van der Waals surface area contributed by atoms with E-state index in [1.165, 1.54) is 11.1 Å². The number of hydrogen-bond donors (Lipinski definition) is 1. The molecular weight excluding hydrogens is 198 g/mol. The third-order valence-corrected chi connectivity index (χ3v) is 3.43. The van der Waals surface area contributed by atoms with Crippen LogP contribution in [0.15, 0.2) is 24.3 Å². The molecule has 2 unspecified atom stereocenters. The zero-order chi connectivity index (χ0) is 11.4. The van der Waals surface area contributed by atoms with Gasteiger partial charge in [-0.15, -0.1) is 0 Å². The molecule has 88 valence electrons. The Hall–Kier alpha value is -0.860. The smallest absolute Gasteiger partial charge is 0.0512 e. The molecule has 0 aromatic heterocycles. The van der Waals surface area contributed by atoms with Gasteiger partial charge < -0.3 is 10.1 Å². The van der Waals surface area contributed by atoms with Gasteiger partial charge in [0, 0.05) is 18.6 Å². The molecule has 16 heavy (non-hydrogen) atoms. The van der Waals surface area contributed by atoms with Crippen LogP contribution in [0.2, 0.25) is 0 Å². The van der Waals surface area contributed by atoms with Gasteiger partial charge in [-0.2, -0.15) is 0 Å². The Kier molecular flexibility index (Phi) is 3.97. The van der Waals surface area contributed by atoms with Gasteiger partial charge in [0.05, 0.1) is 6.61 Å². The maximum Gasteiger partial charge on any atom is 0.0512 e. The van der Waals surface area contributed by atoms with Gasteiger partial charge in [0.2, 0.25) is 0 Å². The van der Waals surface area contributed by atoms with Crippen LogP contribution in [0.5, 0.6) is 0 Å². The largest absolute Gasteiger partial charge is 0.381 e. The van der Waals surface area contributed by atoms with E-state index in [4.69, 9.17) is 4.74 Å². The summed E-state index contributed by atoms with van der Waals surface area (Å²) in [7, 11) is 2.05. The number of ether oxygens (including phenoxy) is 1. The Morgan fingerprint density at radius 3 is 3.06 bits per heavy atom. The van der Waals surface area contributed by atoms with Crippen LogP contribution in [0.25, 0.3) is 0 Å². The summed E-state index contributed by atoms with van der Waals surface area (Å²) >= 11 is 0. The summed E-state index contributed by atoms with van der Waals surface area (Å²) in [6, 6.07) is 9.39. The fraction of sp³-hybridized carbons (Fsp3) is 0.571. The number of benzene rings is 1. The summed E-state index contributed by atoms with van der Waals surface area (Å²) in [4.78, 5) is 0. The second-order valence-electron chi connectivity index (χ2n) is 4.71. The number of hydrogen-bond acceptors (Lipinski definition) is 2. The number of rotatable bonds is 3. The molecule has 1 aromatic carbocycles. The predicted octanol–water partition coefficient (Wildman–Crippen LogP) is 2.16. The van der Waals surface area contributed by atoms with E-state index in [0.717, 1.165) is 26.1 Å². The van der Waals surface area contributed by atoms with Crippen molar-refractivity contribution in [2.45, 2.75) is 25.8 Å². The molecule has 0 spiro atoms. The van der Waals surface area contributed by atoms with Gasteiger partial charge in [-0.05, 0) is 32.4 Å². The minimum atomic E-state index is 0.606. The van der Waals surface area contributed by atoms with Crippen molar-refractivity contribution in [3.63, 3.8) is 0 Å². The van der Waals surface area contributed by atoms with E-state index in [0.29, 0.717) is 12.0 Å². The minimum absolute atomic E-state index is 0.606. The lowest BCUT2D eigenvalue weighted by atomic mass is 9.89. The maximum atomic E-state index is 5.58. The molecule has 0 saturated carbocycles. The topological polar surface area (TPSA) is 21.3 Å². The highest BCUT2D eigenvalue weighted by molar-refractivity contribution is 5.22. The van der Waals surface area contributed by atoms with Gasteiger partial charge in [-0.3, -0.25) is 0 Å². The first kappa shape index (κ1) is 11.6. The monoisotopic (exact) mass is 219 g/mol. The fourth-order valence-corrected chi connectivity index (χ4v) is 2.52. The van der Waals surface area contributed by atoms with Crippen LogP contribution in [-0.2, 0) is 11.2 Å². The summed E-state index contributed by atoms with van der Waals surface area (Å²) in [6.07, 6.45) is 2.25. The third-order valence-electron chi connectivity index (χ3n) is 3.43. The van der Waals surface area contributed by atoms with Gasteiger partial charge in [-0.25, -0.2) is 0 Å². The maximum absolute atomic E-state index is 5.58. The molecule has 1 heterocycles. The molecule has 0 aliphatic carbocycles. The normalized spacial score (nSPS) is 25.6. The third kappa shape index (κ3) is 2.83. The van der Waals surface area contributed by atoms with Crippen molar-refractivity contribution in [2.24, 2.45) is 5.92 Å². The Morgan fingerprint density at radius 2 is 2.31 bits per heavy atom. The van der Waals surface area contributed by atoms with Gasteiger partial charge in [0.15, 0.2) is 0 Å². The van der Waals surface area contributed by atoms with Crippen molar-refractivity contribution in [3.05, 3.63) is 35.4 Å². The van der Waals surface area contributed by atoms with Crippen molar-refractivity contribution < 1.29 is 4.74 Å². The molecule has 1 aliphatic rings. The lowest BCUT2D eigenvalue weighted by molar-refractivity contribution is 0.0342. The minimum Gasteiger partial charge on any atom is -0.381 e. The van der Waals surface area contributed by atoms with Crippen LogP contribution in [0.1, 0.15) is 17.5 Å². The Labute approximate surface area is 98.0 Å². The van der Waals surface area contributed by atoms with E-state index < -0.39 is 0 Å². The zero-order valence-corrected chi connectivity index (χ0v) is 10.2. The summed E-state index contributed by atoms with van der Waals surface area (Å²) in [5.74, 6) is 0.612. The highest BCUT2D eigenvalue weighted by Crippen LogP contribution is 2.20. The molecule has 0 amide bonds. The van der Waals surface area contributed by atoms with Crippen LogP contribution in [-0.4, -0.2) is 26.3 Å². The summed E-state index contributed by atoms with van der Waals surface area (Å²) in [5.41, 5.74) is 2.77. The van der Waals surface area contributed by atoms with E-state index >= 15 is 0 Å². The molecule has 1 saturated heterocycles. The number of nitrogens with one attached hydrogen (secondary N) is 1. The van der Waals surface area contributed by atoms with E-state index in [2.05, 4.69) is 43.6 Å². The molecule has 2 rings (SSSR count). The summed E-state index contributed by atoms with van der Waals surface area (Å²) in [5, 5.41) is 3.41. The first-order valence-corrected chi connectivity index (χ1v) is 6.10. The van der Waals surface area contributed by atoms with E-state index in [-0.39, 0.29) is 0 Å². The molecule has 2 heteroatoms. The van der Waals surface area contributed by atoms with Crippen LogP contribution < -0.4 is 5.32 Å². The van der Waals surface area contributed by atoms with Gasteiger partial charge in [0.25, 0.3) is 0 Å². The molecule has 2 atom stereocenters. The van der Waals surface area contributed by atoms with Crippen LogP contribution in [0.3, 0.4) is 0 Å². The summed E-state index contributed by atoms with van der Waals surface area (Å²) < 4.78 is 5.58. The average molecular weight is 219 g/mol. The SMILES string of the molecule is CNC1CCOCC1Cc1cccc(C)c1. The molecule has 1 aliphatic heterocycles. The van der Waals surface area contributed by atoms with Gasteiger partial charge >= 0.3 is 0 Å². The lowest BCUT2D eigenvalue weighted by Crippen LogP contribution is -2.41. The second kappa shape index (κ2) is 5.46. The van der Waals surface area contributed by atoms with Crippen molar-refractivity contribution in [3.8, 4) is 0 Å². The number of aryl methyl sites for hydroxylation is 1. The Bertz CT molecular complexity index is 337. The van der Waals surface area contributed by atoms with Crippen LogP contribution >= 0.6 is 0 Å². The average Bonchev–Trinajstić information content (AvgIpc) is 2.30. The van der Waals surface area contributed by atoms with Crippen molar-refractivity contribution in [2.75, 3.05) is 20.3 Å². The highest BCUT2D eigenvalue weighted by Gasteiger charge is 2.24. The molecular formula is C14H21NO. The first-order valence-electron chi connectivity index (χ1n) is 6.10. The molecule has 0 radical (unpaired) electrons. The molecule has 0 bridgehead atoms.